The number of sulfonamides is 1. The summed E-state index contributed by atoms with van der Waals surface area (Å²) in [4.78, 5) is 6.98. The molecule has 8 nitrogen and oxygen atoms in total. The first kappa shape index (κ1) is 24.9. The van der Waals surface area contributed by atoms with E-state index < -0.39 is 10.0 Å². The third kappa shape index (κ3) is 4.78. The van der Waals surface area contributed by atoms with Gasteiger partial charge in [0, 0.05) is 37.1 Å². The van der Waals surface area contributed by atoms with Gasteiger partial charge in [0.15, 0.2) is 16.6 Å². The lowest BCUT2D eigenvalue weighted by atomic mass is 10.1. The van der Waals surface area contributed by atoms with Crippen molar-refractivity contribution in [2.75, 3.05) is 52.4 Å². The monoisotopic (exact) mass is 543 g/mol. The van der Waals surface area contributed by atoms with E-state index in [9.17, 15) is 8.42 Å². The van der Waals surface area contributed by atoms with Crippen LogP contribution in [0.25, 0.3) is 11.3 Å². The number of nitrogens with zero attached hydrogens (tertiary/aromatic N) is 3. The van der Waals surface area contributed by atoms with Crippen LogP contribution in [0.15, 0.2) is 40.6 Å². The first-order valence-corrected chi connectivity index (χ1v) is 13.3. The smallest absolute Gasteiger partial charge is 0.243 e. The van der Waals surface area contributed by atoms with Crippen LogP contribution in [0.2, 0.25) is 10.0 Å². The van der Waals surface area contributed by atoms with Gasteiger partial charge >= 0.3 is 0 Å². The summed E-state index contributed by atoms with van der Waals surface area (Å²) in [5, 5.41) is 3.30. The van der Waals surface area contributed by atoms with Gasteiger partial charge in [-0.1, -0.05) is 23.2 Å². The first-order valence-electron chi connectivity index (χ1n) is 10.2. The molecule has 0 amide bonds. The number of ether oxygens (including phenoxy) is 3. The molecule has 0 bridgehead atoms. The predicted molar refractivity (Wildman–Crippen MR) is 135 cm³/mol. The Balaban J connectivity index is 1.50. The van der Waals surface area contributed by atoms with E-state index in [0.29, 0.717) is 48.5 Å². The second-order valence-electron chi connectivity index (χ2n) is 7.40. The van der Waals surface area contributed by atoms with Crippen LogP contribution in [-0.2, 0) is 10.0 Å². The van der Waals surface area contributed by atoms with Gasteiger partial charge < -0.3 is 19.1 Å². The lowest BCUT2D eigenvalue weighted by molar-refractivity contribution is 0.324. The van der Waals surface area contributed by atoms with Crippen LogP contribution in [0, 0.1) is 0 Å². The molecular formula is C22H23Cl2N3O5S2. The van der Waals surface area contributed by atoms with Crippen molar-refractivity contribution in [3.8, 4) is 28.5 Å². The maximum absolute atomic E-state index is 13.0. The topological polar surface area (TPSA) is 81.2 Å². The van der Waals surface area contributed by atoms with E-state index in [1.54, 1.807) is 21.3 Å². The Labute approximate surface area is 212 Å². The van der Waals surface area contributed by atoms with Crippen LogP contribution >= 0.6 is 34.5 Å². The maximum Gasteiger partial charge on any atom is 0.243 e. The van der Waals surface area contributed by atoms with Gasteiger partial charge in [-0.15, -0.1) is 11.3 Å². The summed E-state index contributed by atoms with van der Waals surface area (Å²) in [6.45, 7) is 1.70. The molecule has 34 heavy (non-hydrogen) atoms. The summed E-state index contributed by atoms with van der Waals surface area (Å²) in [7, 11) is 1.04. The third-order valence-corrected chi connectivity index (χ3v) is 9.03. The van der Waals surface area contributed by atoms with E-state index >= 15 is 0 Å². The highest BCUT2D eigenvalue weighted by molar-refractivity contribution is 7.89. The zero-order valence-corrected chi connectivity index (χ0v) is 21.9. The van der Waals surface area contributed by atoms with Crippen molar-refractivity contribution in [2.45, 2.75) is 4.90 Å². The second-order valence-corrected chi connectivity index (χ2v) is 11.0. The molecule has 0 aliphatic carbocycles. The molecule has 4 rings (SSSR count). The van der Waals surface area contributed by atoms with E-state index in [1.807, 2.05) is 17.5 Å². The summed E-state index contributed by atoms with van der Waals surface area (Å²) in [5.74, 6) is 1.61. The van der Waals surface area contributed by atoms with Crippen LogP contribution in [-0.4, -0.2) is 65.2 Å². The van der Waals surface area contributed by atoms with Gasteiger partial charge in [0.2, 0.25) is 15.8 Å². The molecule has 1 aromatic heterocycles. The van der Waals surface area contributed by atoms with Crippen molar-refractivity contribution in [1.29, 1.82) is 0 Å². The van der Waals surface area contributed by atoms with E-state index in [1.165, 1.54) is 33.8 Å². The standard InChI is InChI=1S/C22H23Cl2N3O5S2/c1-30-19-10-14(11-20(31-2)21(19)32-3)18-13-33-22(25-18)26-6-8-27(9-7-26)34(28,29)15-4-5-16(23)17(24)12-15/h4-5,10-13H,6-9H2,1-3H3. The third-order valence-electron chi connectivity index (χ3n) is 5.49. The summed E-state index contributed by atoms with van der Waals surface area (Å²) < 4.78 is 43.8. The Kier molecular flexibility index (Phi) is 7.44. The average Bonchev–Trinajstić information content (AvgIpc) is 3.35. The van der Waals surface area contributed by atoms with Gasteiger partial charge in [0.05, 0.1) is 42.0 Å². The van der Waals surface area contributed by atoms with E-state index in [2.05, 4.69) is 4.90 Å². The number of rotatable bonds is 7. The molecule has 1 saturated heterocycles. The van der Waals surface area contributed by atoms with Crippen LogP contribution < -0.4 is 19.1 Å². The number of anilines is 1. The fraction of sp³-hybridized carbons (Fsp3) is 0.318. The molecule has 0 saturated carbocycles. The van der Waals surface area contributed by atoms with Crippen LogP contribution in [0.3, 0.4) is 0 Å². The largest absolute Gasteiger partial charge is 0.493 e. The van der Waals surface area contributed by atoms with Crippen LogP contribution in [0.5, 0.6) is 17.2 Å². The SMILES string of the molecule is COc1cc(-c2csc(N3CCN(S(=O)(=O)c4ccc(Cl)c(Cl)c4)CC3)n2)cc(OC)c1OC. The quantitative estimate of drug-likeness (QED) is 0.428. The number of halogens is 2. The summed E-state index contributed by atoms with van der Waals surface area (Å²) >= 11 is 13.4. The number of benzene rings is 2. The van der Waals surface area contributed by atoms with Crippen LogP contribution in [0.1, 0.15) is 0 Å². The zero-order valence-electron chi connectivity index (χ0n) is 18.7. The highest BCUT2D eigenvalue weighted by Crippen LogP contribution is 2.42. The molecule has 12 heteroatoms. The molecule has 0 spiro atoms. The number of aromatic nitrogens is 1. The number of hydrogen-bond acceptors (Lipinski definition) is 8. The highest BCUT2D eigenvalue weighted by atomic mass is 35.5. The van der Waals surface area contributed by atoms with E-state index in [0.717, 1.165) is 16.4 Å². The molecule has 0 N–H and O–H groups in total. The van der Waals surface area contributed by atoms with Gasteiger partial charge in [-0.25, -0.2) is 13.4 Å². The number of methoxy groups -OCH3 is 3. The summed E-state index contributed by atoms with van der Waals surface area (Å²) in [6.07, 6.45) is 0. The lowest BCUT2D eigenvalue weighted by Crippen LogP contribution is -2.48. The fourth-order valence-electron chi connectivity index (χ4n) is 3.68. The predicted octanol–water partition coefficient (Wildman–Crippen LogP) is 4.65. The van der Waals surface area contributed by atoms with Crippen molar-refractivity contribution in [1.82, 2.24) is 9.29 Å². The average molecular weight is 544 g/mol. The zero-order chi connectivity index (χ0) is 24.5. The molecule has 1 fully saturated rings. The Morgan fingerprint density at radius 3 is 2.12 bits per heavy atom. The molecule has 2 aromatic carbocycles. The minimum atomic E-state index is -3.66. The molecule has 1 aliphatic heterocycles. The van der Waals surface area contributed by atoms with E-state index in [4.69, 9.17) is 42.4 Å². The van der Waals surface area contributed by atoms with Gasteiger partial charge in [-0.05, 0) is 30.3 Å². The summed E-state index contributed by atoms with van der Waals surface area (Å²) in [6, 6.07) is 8.05. The Morgan fingerprint density at radius 2 is 1.56 bits per heavy atom. The molecule has 3 aromatic rings. The molecule has 0 atom stereocenters. The molecular weight excluding hydrogens is 521 g/mol. The Bertz CT molecular complexity index is 1270. The normalized spacial score (nSPS) is 14.8. The molecule has 0 unspecified atom stereocenters. The van der Waals surface area contributed by atoms with Crippen LogP contribution in [0.4, 0.5) is 5.13 Å². The molecule has 1 aliphatic rings. The van der Waals surface area contributed by atoms with Crippen molar-refractivity contribution >= 4 is 49.7 Å². The molecule has 0 radical (unpaired) electrons. The lowest BCUT2D eigenvalue weighted by Gasteiger charge is -2.33. The van der Waals surface area contributed by atoms with Crippen molar-refractivity contribution in [3.05, 3.63) is 45.8 Å². The van der Waals surface area contributed by atoms with Gasteiger partial charge in [0.1, 0.15) is 0 Å². The number of hydrogen-bond donors (Lipinski definition) is 0. The highest BCUT2D eigenvalue weighted by Gasteiger charge is 2.30. The maximum atomic E-state index is 13.0. The van der Waals surface area contributed by atoms with Gasteiger partial charge in [-0.3, -0.25) is 0 Å². The number of thiazole rings is 1. The minimum absolute atomic E-state index is 0.134. The fourth-order valence-corrected chi connectivity index (χ4v) is 6.38. The second kappa shape index (κ2) is 10.2. The van der Waals surface area contributed by atoms with E-state index in [-0.39, 0.29) is 9.92 Å². The first-order chi connectivity index (χ1) is 16.3. The Morgan fingerprint density at radius 1 is 0.912 bits per heavy atom. The minimum Gasteiger partial charge on any atom is -0.493 e. The van der Waals surface area contributed by atoms with Crippen molar-refractivity contribution in [2.24, 2.45) is 0 Å². The van der Waals surface area contributed by atoms with Crippen molar-refractivity contribution in [3.63, 3.8) is 0 Å². The molecule has 2 heterocycles. The number of piperazine rings is 1. The molecule has 182 valence electrons. The summed E-state index contributed by atoms with van der Waals surface area (Å²) in [5.41, 5.74) is 1.60. The van der Waals surface area contributed by atoms with Gasteiger partial charge in [0.25, 0.3) is 0 Å². The van der Waals surface area contributed by atoms with Crippen molar-refractivity contribution < 1.29 is 22.6 Å². The Hall–Kier alpha value is -2.24. The van der Waals surface area contributed by atoms with Gasteiger partial charge in [-0.2, -0.15) is 4.31 Å².